The summed E-state index contributed by atoms with van der Waals surface area (Å²) >= 11 is 0. The number of esters is 1. The maximum atomic E-state index is 10.9. The van der Waals surface area contributed by atoms with Gasteiger partial charge in [0.1, 0.15) is 0 Å². The molecule has 0 saturated carbocycles. The lowest BCUT2D eigenvalue weighted by atomic mass is 10.1. The zero-order chi connectivity index (χ0) is 12.1. The zero-order valence-electron chi connectivity index (χ0n) is 8.97. The molecule has 84 valence electrons. The van der Waals surface area contributed by atoms with E-state index in [0.717, 1.165) is 11.6 Å². The second kappa shape index (κ2) is 5.06. The molecule has 16 heavy (non-hydrogen) atoms. The fourth-order valence-electron chi connectivity index (χ4n) is 1.20. The van der Waals surface area contributed by atoms with Crippen LogP contribution in [0.5, 0.6) is 0 Å². The highest BCUT2D eigenvalue weighted by molar-refractivity contribution is 5.87. The minimum atomic E-state index is -0.546. The quantitative estimate of drug-likeness (QED) is 0.339. The first-order valence-electron chi connectivity index (χ1n) is 4.55. The van der Waals surface area contributed by atoms with Crippen molar-refractivity contribution >= 4 is 17.7 Å². The zero-order valence-corrected chi connectivity index (χ0v) is 8.97. The van der Waals surface area contributed by atoms with Crippen molar-refractivity contribution in [3.8, 4) is 0 Å². The highest BCUT2D eigenvalue weighted by Crippen LogP contribution is 2.21. The third-order valence-corrected chi connectivity index (χ3v) is 1.98. The Labute approximate surface area is 92.5 Å². The summed E-state index contributed by atoms with van der Waals surface area (Å²) in [5.74, 6) is -0.546. The van der Waals surface area contributed by atoms with Crippen molar-refractivity contribution in [2.24, 2.45) is 0 Å². The normalized spacial score (nSPS) is 10.4. The summed E-state index contributed by atoms with van der Waals surface area (Å²) in [5.41, 5.74) is 1.23. The first-order chi connectivity index (χ1) is 7.54. The van der Waals surface area contributed by atoms with Crippen LogP contribution in [-0.4, -0.2) is 18.0 Å². The molecule has 0 atom stereocenters. The Morgan fingerprint density at radius 1 is 1.50 bits per heavy atom. The van der Waals surface area contributed by atoms with Crippen molar-refractivity contribution in [1.82, 2.24) is 0 Å². The molecule has 0 aliphatic heterocycles. The Balaban J connectivity index is 3.10. The van der Waals surface area contributed by atoms with Gasteiger partial charge in [-0.2, -0.15) is 0 Å². The van der Waals surface area contributed by atoms with E-state index in [9.17, 15) is 14.9 Å². The molecule has 0 bridgehead atoms. The maximum Gasteiger partial charge on any atom is 0.330 e. The van der Waals surface area contributed by atoms with Gasteiger partial charge in [0.05, 0.1) is 17.6 Å². The Morgan fingerprint density at radius 2 is 2.19 bits per heavy atom. The van der Waals surface area contributed by atoms with E-state index in [1.54, 1.807) is 12.1 Å². The molecule has 5 heteroatoms. The van der Waals surface area contributed by atoms with E-state index in [4.69, 9.17) is 0 Å². The van der Waals surface area contributed by atoms with E-state index in [-0.39, 0.29) is 5.69 Å². The van der Waals surface area contributed by atoms with Gasteiger partial charge in [-0.25, -0.2) is 4.79 Å². The number of aryl methyl sites for hydroxylation is 1. The van der Waals surface area contributed by atoms with Crippen molar-refractivity contribution < 1.29 is 14.5 Å². The number of hydrogen-bond donors (Lipinski definition) is 0. The number of benzene rings is 1. The lowest BCUT2D eigenvalue weighted by molar-refractivity contribution is -0.385. The van der Waals surface area contributed by atoms with E-state index < -0.39 is 10.9 Å². The first-order valence-corrected chi connectivity index (χ1v) is 4.55. The predicted octanol–water partition coefficient (Wildman–Crippen LogP) is 2.09. The molecule has 5 nitrogen and oxygen atoms in total. The molecule has 1 aromatic carbocycles. The summed E-state index contributed by atoms with van der Waals surface area (Å²) in [6, 6.07) is 4.69. The van der Waals surface area contributed by atoms with Gasteiger partial charge < -0.3 is 4.74 Å². The number of methoxy groups -OCH3 is 1. The number of nitro groups is 1. The van der Waals surface area contributed by atoms with Gasteiger partial charge in [0, 0.05) is 12.1 Å². The van der Waals surface area contributed by atoms with Gasteiger partial charge in [-0.05, 0) is 19.1 Å². The summed E-state index contributed by atoms with van der Waals surface area (Å²) in [7, 11) is 1.25. The molecule has 0 N–H and O–H groups in total. The third kappa shape index (κ3) is 2.91. The van der Waals surface area contributed by atoms with Crippen molar-refractivity contribution in [1.29, 1.82) is 0 Å². The van der Waals surface area contributed by atoms with Crippen LogP contribution in [0.3, 0.4) is 0 Å². The standard InChI is InChI=1S/C11H11NO4/c1-8-3-5-10(12(14)15)9(7-8)4-6-11(13)16-2/h3-7H,1-2H3. The summed E-state index contributed by atoms with van der Waals surface area (Å²) < 4.78 is 4.41. The minimum Gasteiger partial charge on any atom is -0.466 e. The van der Waals surface area contributed by atoms with Gasteiger partial charge in [-0.3, -0.25) is 10.1 Å². The van der Waals surface area contributed by atoms with Gasteiger partial charge >= 0.3 is 5.97 Å². The van der Waals surface area contributed by atoms with Crippen LogP contribution in [0.15, 0.2) is 24.3 Å². The second-order valence-corrected chi connectivity index (χ2v) is 3.18. The molecule has 0 aliphatic rings. The Morgan fingerprint density at radius 3 is 2.75 bits per heavy atom. The van der Waals surface area contributed by atoms with E-state index in [1.807, 2.05) is 6.92 Å². The monoisotopic (exact) mass is 221 g/mol. The van der Waals surface area contributed by atoms with Gasteiger partial charge in [0.2, 0.25) is 0 Å². The van der Waals surface area contributed by atoms with Crippen LogP contribution in [0.1, 0.15) is 11.1 Å². The number of nitrogens with zero attached hydrogens (tertiary/aromatic N) is 1. The van der Waals surface area contributed by atoms with Crippen molar-refractivity contribution in [3.63, 3.8) is 0 Å². The Kier molecular flexibility index (Phi) is 3.77. The van der Waals surface area contributed by atoms with Gasteiger partial charge in [-0.15, -0.1) is 0 Å². The summed E-state index contributed by atoms with van der Waals surface area (Å²) in [6.07, 6.45) is 2.53. The van der Waals surface area contributed by atoms with Crippen LogP contribution in [0, 0.1) is 17.0 Å². The third-order valence-electron chi connectivity index (χ3n) is 1.98. The SMILES string of the molecule is COC(=O)C=Cc1cc(C)ccc1[N+](=O)[O-]. The highest BCUT2D eigenvalue weighted by atomic mass is 16.6. The molecular formula is C11H11NO4. The fraction of sp³-hybridized carbons (Fsp3) is 0.182. The smallest absolute Gasteiger partial charge is 0.330 e. The molecule has 0 unspecified atom stereocenters. The van der Waals surface area contributed by atoms with Crippen LogP contribution in [0.25, 0.3) is 6.08 Å². The Hall–Kier alpha value is -2.17. The first kappa shape index (κ1) is 11.9. The van der Waals surface area contributed by atoms with Crippen LogP contribution < -0.4 is 0 Å². The minimum absolute atomic E-state index is 0.0363. The predicted molar refractivity (Wildman–Crippen MR) is 58.9 cm³/mol. The number of hydrogen-bond acceptors (Lipinski definition) is 4. The molecule has 1 rings (SSSR count). The molecule has 0 saturated heterocycles. The summed E-state index contributed by atoms with van der Waals surface area (Å²) in [5, 5.41) is 10.7. The van der Waals surface area contributed by atoms with Crippen LogP contribution in [0.2, 0.25) is 0 Å². The largest absolute Gasteiger partial charge is 0.466 e. The number of carbonyl (C=O) groups excluding carboxylic acids is 1. The number of nitro benzene ring substituents is 1. The van der Waals surface area contributed by atoms with Crippen LogP contribution >= 0.6 is 0 Å². The molecule has 1 aromatic rings. The van der Waals surface area contributed by atoms with E-state index in [2.05, 4.69) is 4.74 Å². The average Bonchev–Trinajstić information content (AvgIpc) is 2.25. The van der Waals surface area contributed by atoms with Crippen LogP contribution in [-0.2, 0) is 9.53 Å². The van der Waals surface area contributed by atoms with Crippen molar-refractivity contribution in [2.45, 2.75) is 6.92 Å². The molecule has 0 fully saturated rings. The summed E-state index contributed by atoms with van der Waals surface area (Å²) in [6.45, 7) is 1.82. The lowest BCUT2D eigenvalue weighted by Crippen LogP contribution is -1.95. The highest BCUT2D eigenvalue weighted by Gasteiger charge is 2.10. The fourth-order valence-corrected chi connectivity index (χ4v) is 1.20. The van der Waals surface area contributed by atoms with Gasteiger partial charge in [0.25, 0.3) is 5.69 Å². The molecule has 0 aliphatic carbocycles. The van der Waals surface area contributed by atoms with Crippen LogP contribution in [0.4, 0.5) is 5.69 Å². The molecule has 0 radical (unpaired) electrons. The second-order valence-electron chi connectivity index (χ2n) is 3.18. The number of ether oxygens (including phenoxy) is 1. The van der Waals surface area contributed by atoms with E-state index in [1.165, 1.54) is 19.3 Å². The topological polar surface area (TPSA) is 69.4 Å². The molecule has 0 amide bonds. The number of rotatable bonds is 3. The van der Waals surface area contributed by atoms with Crippen molar-refractivity contribution in [2.75, 3.05) is 7.11 Å². The van der Waals surface area contributed by atoms with Crippen molar-refractivity contribution in [3.05, 3.63) is 45.5 Å². The van der Waals surface area contributed by atoms with Gasteiger partial charge in [0.15, 0.2) is 0 Å². The molecular weight excluding hydrogens is 210 g/mol. The van der Waals surface area contributed by atoms with E-state index in [0.29, 0.717) is 5.56 Å². The lowest BCUT2D eigenvalue weighted by Gasteiger charge is -1.99. The maximum absolute atomic E-state index is 10.9. The van der Waals surface area contributed by atoms with E-state index >= 15 is 0 Å². The average molecular weight is 221 g/mol. The Bertz CT molecular complexity index is 451. The molecule has 0 heterocycles. The van der Waals surface area contributed by atoms with Gasteiger partial charge in [-0.1, -0.05) is 11.6 Å². The molecule has 0 spiro atoms. The number of carbonyl (C=O) groups is 1. The summed E-state index contributed by atoms with van der Waals surface area (Å²) in [4.78, 5) is 21.1. The molecule has 0 aromatic heterocycles.